The molecule has 0 saturated heterocycles. The molecule has 0 aliphatic heterocycles. The van der Waals surface area contributed by atoms with E-state index in [-0.39, 0.29) is 51.0 Å². The summed E-state index contributed by atoms with van der Waals surface area (Å²) in [6, 6.07) is 4.69. The van der Waals surface area contributed by atoms with E-state index in [9.17, 15) is 0 Å². The second kappa shape index (κ2) is 10.3. The Bertz CT molecular complexity index is 210. The van der Waals surface area contributed by atoms with Gasteiger partial charge in [-0.15, -0.1) is 0 Å². The molecule has 0 unspecified atom stereocenters. The molecule has 0 amide bonds. The molecule has 3 heteroatoms. The van der Waals surface area contributed by atoms with Gasteiger partial charge in [-0.25, -0.2) is 6.07 Å². The summed E-state index contributed by atoms with van der Waals surface area (Å²) in [6.07, 6.45) is 3.54. The Morgan fingerprint density at radius 3 is 1.93 bits per heavy atom. The maximum absolute atomic E-state index is 2.35. The monoisotopic (exact) mass is 309 g/mol. The third kappa shape index (κ3) is 5.05. The quantitative estimate of drug-likeness (QED) is 0.526. The average molecular weight is 311 g/mol. The summed E-state index contributed by atoms with van der Waals surface area (Å²) in [5.41, 5.74) is 4.59. The van der Waals surface area contributed by atoms with Crippen LogP contribution in [-0.2, 0) is 45.5 Å². The van der Waals surface area contributed by atoms with Crippen LogP contribution in [0.5, 0.6) is 0 Å². The minimum absolute atomic E-state index is 0. The molecule has 0 bridgehead atoms. The molecule has 1 aromatic carbocycles. The van der Waals surface area contributed by atoms with Gasteiger partial charge in [0.25, 0.3) is 0 Å². The molecule has 0 aliphatic rings. The molecule has 0 N–H and O–H groups in total. The molecule has 1 radical (unpaired) electrons. The van der Waals surface area contributed by atoms with Gasteiger partial charge in [-0.3, -0.25) is 0 Å². The van der Waals surface area contributed by atoms with Gasteiger partial charge in [0.1, 0.15) is 0 Å². The van der Waals surface area contributed by atoms with Crippen molar-refractivity contribution in [3.63, 3.8) is 0 Å². The van der Waals surface area contributed by atoms with Gasteiger partial charge in [0.2, 0.25) is 0 Å². The van der Waals surface area contributed by atoms with Crippen molar-refractivity contribution < 1.29 is 51.0 Å². The van der Waals surface area contributed by atoms with Gasteiger partial charge >= 0.3 is 26.2 Å². The zero-order valence-corrected chi connectivity index (χ0v) is 13.0. The zero-order valence-electron chi connectivity index (χ0n) is 9.03. The predicted molar refractivity (Wildman–Crippen MR) is 50.2 cm³/mol. The summed E-state index contributed by atoms with van der Waals surface area (Å²) in [4.78, 5) is 0. The fourth-order valence-corrected chi connectivity index (χ4v) is 1.54. The summed E-state index contributed by atoms with van der Waals surface area (Å²) >= 11 is 0. The SMILES string of the molecule is CCc1cc(CC)[c-](CC)c1.[Cl-].[Cl-].[Zr+3]. The summed E-state index contributed by atoms with van der Waals surface area (Å²) in [5, 5.41) is 0. The Hall–Kier alpha value is 0.813. The molecular weight excluding hydrogens is 294 g/mol. The smallest absolute Gasteiger partial charge is 1.00 e. The Morgan fingerprint density at radius 2 is 1.64 bits per heavy atom. The predicted octanol–water partition coefficient (Wildman–Crippen LogP) is -2.90. The van der Waals surface area contributed by atoms with Gasteiger partial charge in [0.05, 0.1) is 0 Å². The fourth-order valence-electron chi connectivity index (χ4n) is 1.54. The van der Waals surface area contributed by atoms with Crippen LogP contribution in [0.25, 0.3) is 0 Å². The van der Waals surface area contributed by atoms with Crippen molar-refractivity contribution in [3.8, 4) is 0 Å². The van der Waals surface area contributed by atoms with Crippen LogP contribution in [0, 0.1) is 0 Å². The molecule has 0 atom stereocenters. The molecule has 0 saturated carbocycles. The molecule has 0 heterocycles. The number of hydrogen-bond donors (Lipinski definition) is 0. The molecule has 0 aromatic heterocycles. The van der Waals surface area contributed by atoms with Crippen LogP contribution in [0.1, 0.15) is 37.5 Å². The number of rotatable bonds is 3. The Morgan fingerprint density at radius 1 is 1.07 bits per heavy atom. The number of halogens is 2. The molecular formula is C11H17Cl2Zr. The van der Waals surface area contributed by atoms with Crippen molar-refractivity contribution in [1.29, 1.82) is 0 Å². The summed E-state index contributed by atoms with van der Waals surface area (Å²) < 4.78 is 0. The van der Waals surface area contributed by atoms with E-state index in [4.69, 9.17) is 0 Å². The Kier molecular flexibility index (Phi) is 15.0. The van der Waals surface area contributed by atoms with Gasteiger partial charge in [-0.05, 0) is 0 Å². The fraction of sp³-hybridized carbons (Fsp3) is 0.545. The van der Waals surface area contributed by atoms with E-state index in [2.05, 4.69) is 32.9 Å². The number of hydrogen-bond acceptors (Lipinski definition) is 0. The van der Waals surface area contributed by atoms with Crippen molar-refractivity contribution in [2.75, 3.05) is 0 Å². The van der Waals surface area contributed by atoms with Gasteiger partial charge < -0.3 is 24.8 Å². The van der Waals surface area contributed by atoms with Crippen molar-refractivity contribution in [2.45, 2.75) is 40.0 Å². The average Bonchev–Trinajstić information content (AvgIpc) is 2.46. The van der Waals surface area contributed by atoms with Gasteiger partial charge in [-0.2, -0.15) is 22.8 Å². The van der Waals surface area contributed by atoms with Crippen LogP contribution in [0.4, 0.5) is 0 Å². The summed E-state index contributed by atoms with van der Waals surface area (Å²) in [7, 11) is 0. The maximum atomic E-state index is 2.35. The maximum Gasteiger partial charge on any atom is 3.00 e. The van der Waals surface area contributed by atoms with Crippen LogP contribution in [0.3, 0.4) is 0 Å². The van der Waals surface area contributed by atoms with Crippen LogP contribution in [0.2, 0.25) is 0 Å². The van der Waals surface area contributed by atoms with Gasteiger partial charge in [0.15, 0.2) is 0 Å². The molecule has 1 aromatic rings. The van der Waals surface area contributed by atoms with Crippen LogP contribution in [0.15, 0.2) is 12.1 Å². The van der Waals surface area contributed by atoms with Crippen LogP contribution >= 0.6 is 0 Å². The molecule has 0 nitrogen and oxygen atoms in total. The van der Waals surface area contributed by atoms with Crippen molar-refractivity contribution in [2.24, 2.45) is 0 Å². The minimum atomic E-state index is 0. The molecule has 0 spiro atoms. The topological polar surface area (TPSA) is 0 Å². The molecule has 0 aliphatic carbocycles. The summed E-state index contributed by atoms with van der Waals surface area (Å²) in [6.45, 7) is 6.68. The Labute approximate surface area is 119 Å². The normalized spacial score (nSPS) is 8.21. The van der Waals surface area contributed by atoms with Crippen molar-refractivity contribution in [1.82, 2.24) is 0 Å². The first-order valence-corrected chi connectivity index (χ1v) is 4.59. The van der Waals surface area contributed by atoms with Crippen LogP contribution in [-0.4, -0.2) is 0 Å². The van der Waals surface area contributed by atoms with E-state index in [0.717, 1.165) is 0 Å². The van der Waals surface area contributed by atoms with Gasteiger partial charge in [-0.1, -0.05) is 40.0 Å². The van der Waals surface area contributed by atoms with Crippen molar-refractivity contribution in [3.05, 3.63) is 28.8 Å². The second-order valence-corrected chi connectivity index (χ2v) is 2.97. The molecule has 1 rings (SSSR count). The van der Waals surface area contributed by atoms with E-state index in [1.807, 2.05) is 0 Å². The first-order valence-electron chi connectivity index (χ1n) is 4.59. The van der Waals surface area contributed by atoms with E-state index < -0.39 is 0 Å². The molecule has 0 fully saturated rings. The second-order valence-electron chi connectivity index (χ2n) is 2.97. The van der Waals surface area contributed by atoms with E-state index >= 15 is 0 Å². The third-order valence-electron chi connectivity index (χ3n) is 2.30. The van der Waals surface area contributed by atoms with Crippen LogP contribution < -0.4 is 24.8 Å². The first kappa shape index (κ1) is 20.3. The van der Waals surface area contributed by atoms with Crippen molar-refractivity contribution >= 4 is 0 Å². The molecule has 79 valence electrons. The Balaban J connectivity index is -0.000000403. The minimum Gasteiger partial charge on any atom is -1.00 e. The zero-order chi connectivity index (χ0) is 8.27. The van der Waals surface area contributed by atoms with E-state index in [1.54, 1.807) is 11.1 Å². The first-order chi connectivity index (χ1) is 5.31. The largest absolute Gasteiger partial charge is 3.00 e. The standard InChI is InChI=1S/C11H17.2ClH.Zr/c1-4-9-7-10(5-2)11(6-3)8-9;;;/h7-8H,4-6H2,1-3H3;2*1H;/q-1;;;+3/p-2. The molecule has 14 heavy (non-hydrogen) atoms. The van der Waals surface area contributed by atoms with E-state index in [1.165, 1.54) is 24.8 Å². The number of aryl methyl sites for hydroxylation is 3. The summed E-state index contributed by atoms with van der Waals surface area (Å²) in [5.74, 6) is 0. The van der Waals surface area contributed by atoms with Gasteiger partial charge in [0, 0.05) is 0 Å². The third-order valence-corrected chi connectivity index (χ3v) is 2.30. The van der Waals surface area contributed by atoms with E-state index in [0.29, 0.717) is 0 Å².